The van der Waals surface area contributed by atoms with Crippen LogP contribution in [0, 0.1) is 16.7 Å². The summed E-state index contributed by atoms with van der Waals surface area (Å²) in [6, 6.07) is 10.3. The van der Waals surface area contributed by atoms with Crippen molar-refractivity contribution in [2.45, 2.75) is 38.5 Å². The Morgan fingerprint density at radius 1 is 1.32 bits per heavy atom. The van der Waals surface area contributed by atoms with Crippen LogP contribution in [0.5, 0.6) is 0 Å². The number of rotatable bonds is 4. The van der Waals surface area contributed by atoms with E-state index in [1.54, 1.807) is 4.90 Å². The number of carboxylic acids is 1. The first kappa shape index (κ1) is 16.4. The van der Waals surface area contributed by atoms with Gasteiger partial charge >= 0.3 is 12.0 Å². The molecule has 0 unspecified atom stereocenters. The van der Waals surface area contributed by atoms with E-state index in [0.29, 0.717) is 32.0 Å². The number of carbonyl (C=O) groups excluding carboxylic acids is 1. The quantitative estimate of drug-likeness (QED) is 0.883. The molecule has 134 valence electrons. The molecular weight excluding hydrogens is 316 g/mol. The fourth-order valence-corrected chi connectivity index (χ4v) is 4.99. The van der Waals surface area contributed by atoms with Gasteiger partial charge in [0.05, 0.1) is 5.41 Å². The molecule has 1 aromatic rings. The van der Waals surface area contributed by atoms with Crippen LogP contribution in [0.4, 0.5) is 4.79 Å². The lowest BCUT2D eigenvalue weighted by Crippen LogP contribution is -2.43. The molecule has 1 heterocycles. The summed E-state index contributed by atoms with van der Waals surface area (Å²) in [5.41, 5.74) is 0.740. The first-order valence-corrected chi connectivity index (χ1v) is 9.26. The molecule has 0 aromatic heterocycles. The summed E-state index contributed by atoms with van der Waals surface area (Å²) in [7, 11) is 0. The summed E-state index contributed by atoms with van der Waals surface area (Å²) >= 11 is 0. The zero-order valence-electron chi connectivity index (χ0n) is 14.7. The standard InChI is InChI=1S/C20H26N2O3/c1-19(10-16(19)14-6-3-2-4-7-14)12-21-18(25)22-11-15-8-5-9-20(15,13-22)17(23)24/h2-4,6-7,15-16H,5,8-13H2,1H3,(H,21,25)(H,23,24)/t15-,16-,19-,20+/m0/s1. The number of benzene rings is 1. The normalized spacial score (nSPS) is 36.1. The number of carboxylic acid groups (broad SMARTS) is 1. The zero-order valence-corrected chi connectivity index (χ0v) is 14.7. The van der Waals surface area contributed by atoms with Gasteiger partial charge in [-0.1, -0.05) is 43.7 Å². The van der Waals surface area contributed by atoms with Crippen LogP contribution in [0.2, 0.25) is 0 Å². The Labute approximate surface area is 148 Å². The van der Waals surface area contributed by atoms with Crippen molar-refractivity contribution in [3.63, 3.8) is 0 Å². The maximum absolute atomic E-state index is 12.6. The van der Waals surface area contributed by atoms with E-state index in [9.17, 15) is 14.7 Å². The highest BCUT2D eigenvalue weighted by Crippen LogP contribution is 2.58. The SMILES string of the molecule is C[C@@]1(CNC(=O)N2C[C@@H]3CCC[C@@]3(C(=O)O)C2)C[C@H]1c1ccccc1. The van der Waals surface area contributed by atoms with E-state index in [0.717, 1.165) is 19.3 Å². The van der Waals surface area contributed by atoms with Crippen molar-refractivity contribution < 1.29 is 14.7 Å². The van der Waals surface area contributed by atoms with Crippen molar-refractivity contribution >= 4 is 12.0 Å². The molecule has 1 aliphatic heterocycles. The Balaban J connectivity index is 1.34. The third-order valence-corrected chi connectivity index (χ3v) is 6.78. The van der Waals surface area contributed by atoms with Crippen molar-refractivity contribution in [1.82, 2.24) is 10.2 Å². The number of urea groups is 1. The van der Waals surface area contributed by atoms with Gasteiger partial charge in [0.1, 0.15) is 0 Å². The van der Waals surface area contributed by atoms with Crippen LogP contribution < -0.4 is 5.32 Å². The Hall–Kier alpha value is -2.04. The number of hydrogen-bond donors (Lipinski definition) is 2. The third kappa shape index (κ3) is 2.70. The van der Waals surface area contributed by atoms with Gasteiger partial charge in [-0.25, -0.2) is 4.79 Å². The zero-order chi connectivity index (χ0) is 17.7. The number of aliphatic carboxylic acids is 1. The number of carbonyl (C=O) groups is 2. The van der Waals surface area contributed by atoms with Gasteiger partial charge in [0.2, 0.25) is 0 Å². The van der Waals surface area contributed by atoms with Crippen molar-refractivity contribution in [3.8, 4) is 0 Å². The Kier molecular flexibility index (Phi) is 3.78. The fourth-order valence-electron chi connectivity index (χ4n) is 4.99. The minimum absolute atomic E-state index is 0.102. The summed E-state index contributed by atoms with van der Waals surface area (Å²) in [5.74, 6) is -0.120. The molecule has 3 fully saturated rings. The fraction of sp³-hybridized carbons (Fsp3) is 0.600. The summed E-state index contributed by atoms with van der Waals surface area (Å²) in [5, 5.41) is 12.7. The molecule has 2 amide bonds. The molecule has 25 heavy (non-hydrogen) atoms. The van der Waals surface area contributed by atoms with Crippen molar-refractivity contribution in [2.24, 2.45) is 16.7 Å². The molecule has 3 aliphatic rings. The van der Waals surface area contributed by atoms with Crippen LogP contribution in [0.15, 0.2) is 30.3 Å². The molecule has 0 radical (unpaired) electrons. The Morgan fingerprint density at radius 2 is 2.08 bits per heavy atom. The summed E-state index contributed by atoms with van der Waals surface area (Å²) in [6.45, 7) is 3.80. The molecular formula is C20H26N2O3. The molecule has 5 nitrogen and oxygen atoms in total. The Morgan fingerprint density at radius 3 is 2.76 bits per heavy atom. The molecule has 1 aromatic carbocycles. The average Bonchev–Trinajstić information content (AvgIpc) is 2.94. The molecule has 0 bridgehead atoms. The van der Waals surface area contributed by atoms with Gasteiger partial charge in [0, 0.05) is 19.6 Å². The predicted molar refractivity (Wildman–Crippen MR) is 94.3 cm³/mol. The van der Waals surface area contributed by atoms with E-state index >= 15 is 0 Å². The number of nitrogens with one attached hydrogen (secondary N) is 1. The van der Waals surface area contributed by atoms with E-state index in [-0.39, 0.29) is 17.4 Å². The first-order chi connectivity index (χ1) is 11.9. The predicted octanol–water partition coefficient (Wildman–Crippen LogP) is 3.08. The summed E-state index contributed by atoms with van der Waals surface area (Å²) in [6.07, 6.45) is 3.66. The van der Waals surface area contributed by atoms with Gasteiger partial charge in [0.25, 0.3) is 0 Å². The topological polar surface area (TPSA) is 69.6 Å². The molecule has 2 N–H and O–H groups in total. The molecule has 0 spiro atoms. The van der Waals surface area contributed by atoms with E-state index in [1.807, 2.05) is 6.07 Å². The molecule has 2 saturated carbocycles. The Bertz CT molecular complexity index is 691. The van der Waals surface area contributed by atoms with Gasteiger partial charge < -0.3 is 15.3 Å². The molecule has 1 saturated heterocycles. The molecule has 5 heteroatoms. The van der Waals surface area contributed by atoms with E-state index in [4.69, 9.17) is 0 Å². The van der Waals surface area contributed by atoms with Crippen LogP contribution in [0.1, 0.15) is 44.1 Å². The van der Waals surface area contributed by atoms with Gasteiger partial charge in [-0.05, 0) is 42.1 Å². The first-order valence-electron chi connectivity index (χ1n) is 9.26. The van der Waals surface area contributed by atoms with Crippen LogP contribution in [-0.4, -0.2) is 41.6 Å². The maximum Gasteiger partial charge on any atom is 0.317 e. The van der Waals surface area contributed by atoms with E-state index in [1.165, 1.54) is 5.56 Å². The highest BCUT2D eigenvalue weighted by molar-refractivity contribution is 5.80. The number of amides is 2. The lowest BCUT2D eigenvalue weighted by atomic mass is 9.81. The number of hydrogen-bond acceptors (Lipinski definition) is 2. The van der Waals surface area contributed by atoms with E-state index in [2.05, 4.69) is 36.5 Å². The molecule has 4 atom stereocenters. The van der Waals surface area contributed by atoms with Crippen LogP contribution in [0.25, 0.3) is 0 Å². The van der Waals surface area contributed by atoms with Crippen LogP contribution in [0.3, 0.4) is 0 Å². The van der Waals surface area contributed by atoms with Crippen LogP contribution in [-0.2, 0) is 4.79 Å². The monoisotopic (exact) mass is 342 g/mol. The minimum Gasteiger partial charge on any atom is -0.481 e. The van der Waals surface area contributed by atoms with Crippen molar-refractivity contribution in [2.75, 3.05) is 19.6 Å². The smallest absolute Gasteiger partial charge is 0.317 e. The lowest BCUT2D eigenvalue weighted by molar-refractivity contribution is -0.149. The average molecular weight is 342 g/mol. The molecule has 2 aliphatic carbocycles. The number of likely N-dealkylation sites (tertiary alicyclic amines) is 1. The highest BCUT2D eigenvalue weighted by atomic mass is 16.4. The minimum atomic E-state index is -0.733. The van der Waals surface area contributed by atoms with Gasteiger partial charge in [-0.15, -0.1) is 0 Å². The second kappa shape index (κ2) is 5.75. The van der Waals surface area contributed by atoms with E-state index < -0.39 is 11.4 Å². The molecule has 4 rings (SSSR count). The van der Waals surface area contributed by atoms with Crippen molar-refractivity contribution in [1.29, 1.82) is 0 Å². The highest BCUT2D eigenvalue weighted by Gasteiger charge is 2.56. The number of nitrogens with zero attached hydrogens (tertiary/aromatic N) is 1. The van der Waals surface area contributed by atoms with Crippen molar-refractivity contribution in [3.05, 3.63) is 35.9 Å². The van der Waals surface area contributed by atoms with Crippen LogP contribution >= 0.6 is 0 Å². The third-order valence-electron chi connectivity index (χ3n) is 6.78. The van der Waals surface area contributed by atoms with Gasteiger partial charge in [0.15, 0.2) is 0 Å². The lowest BCUT2D eigenvalue weighted by Gasteiger charge is -2.24. The maximum atomic E-state index is 12.6. The largest absolute Gasteiger partial charge is 0.481 e. The second-order valence-corrected chi connectivity index (χ2v) is 8.41. The summed E-state index contributed by atoms with van der Waals surface area (Å²) < 4.78 is 0. The number of fused-ring (bicyclic) bond motifs is 1. The summed E-state index contributed by atoms with van der Waals surface area (Å²) in [4.78, 5) is 26.0. The van der Waals surface area contributed by atoms with Gasteiger partial charge in [-0.2, -0.15) is 0 Å². The van der Waals surface area contributed by atoms with Gasteiger partial charge in [-0.3, -0.25) is 4.79 Å². The second-order valence-electron chi connectivity index (χ2n) is 8.41.